The number of benzene rings is 1. The summed E-state index contributed by atoms with van der Waals surface area (Å²) in [5, 5.41) is 1.00. The van der Waals surface area contributed by atoms with E-state index in [1.807, 2.05) is 12.1 Å². The normalized spacial score (nSPS) is 10.8. The second-order valence-corrected chi connectivity index (χ2v) is 4.37. The van der Waals surface area contributed by atoms with E-state index in [9.17, 15) is 4.79 Å². The maximum absolute atomic E-state index is 11.7. The van der Waals surface area contributed by atoms with Crippen LogP contribution in [0.2, 0.25) is 0 Å². The van der Waals surface area contributed by atoms with Gasteiger partial charge in [0.1, 0.15) is 5.75 Å². The Balaban J connectivity index is 2.66. The monoisotopic (exact) mass is 246 g/mol. The standard InChI is InChI=1S/C14H18N2O2/c1-3-4-5-9-8-12(17)16-14-10(9)6-7-11(18-2)13(14)15/h6-8H,3-5,15H2,1-2H3,(H,16,17). The molecule has 4 nitrogen and oxygen atoms in total. The fourth-order valence-electron chi connectivity index (χ4n) is 2.15. The third-order valence-corrected chi connectivity index (χ3v) is 3.12. The van der Waals surface area contributed by atoms with Gasteiger partial charge in [0.25, 0.3) is 0 Å². The molecule has 3 N–H and O–H groups in total. The Kier molecular flexibility index (Phi) is 3.55. The molecule has 2 aromatic rings. The van der Waals surface area contributed by atoms with Crippen molar-refractivity contribution >= 4 is 16.6 Å². The first kappa shape index (κ1) is 12.5. The van der Waals surface area contributed by atoms with Crippen molar-refractivity contribution in [2.75, 3.05) is 12.8 Å². The fourth-order valence-corrected chi connectivity index (χ4v) is 2.15. The zero-order valence-corrected chi connectivity index (χ0v) is 10.7. The first-order chi connectivity index (χ1) is 8.67. The van der Waals surface area contributed by atoms with Crippen molar-refractivity contribution in [3.63, 3.8) is 0 Å². The van der Waals surface area contributed by atoms with Crippen molar-refractivity contribution in [1.82, 2.24) is 4.98 Å². The van der Waals surface area contributed by atoms with Gasteiger partial charge < -0.3 is 15.5 Å². The molecule has 0 saturated carbocycles. The molecule has 1 heterocycles. The number of hydrogen-bond donors (Lipinski definition) is 2. The van der Waals surface area contributed by atoms with E-state index in [0.717, 1.165) is 30.2 Å². The van der Waals surface area contributed by atoms with Crippen LogP contribution in [0.4, 0.5) is 5.69 Å². The highest BCUT2D eigenvalue weighted by atomic mass is 16.5. The van der Waals surface area contributed by atoms with E-state index in [1.54, 1.807) is 13.2 Å². The fraction of sp³-hybridized carbons (Fsp3) is 0.357. The van der Waals surface area contributed by atoms with Gasteiger partial charge in [0.15, 0.2) is 0 Å². The van der Waals surface area contributed by atoms with E-state index < -0.39 is 0 Å². The molecule has 0 aliphatic rings. The SMILES string of the molecule is CCCCc1cc(=O)[nH]c2c(N)c(OC)ccc12. The number of aryl methyl sites for hydroxylation is 1. The number of H-pyrrole nitrogens is 1. The lowest BCUT2D eigenvalue weighted by atomic mass is 10.0. The van der Waals surface area contributed by atoms with E-state index >= 15 is 0 Å². The summed E-state index contributed by atoms with van der Waals surface area (Å²) < 4.78 is 5.17. The highest BCUT2D eigenvalue weighted by Gasteiger charge is 2.09. The zero-order chi connectivity index (χ0) is 13.1. The van der Waals surface area contributed by atoms with Gasteiger partial charge in [0.2, 0.25) is 5.56 Å². The topological polar surface area (TPSA) is 68.1 Å². The molecule has 18 heavy (non-hydrogen) atoms. The highest BCUT2D eigenvalue weighted by Crippen LogP contribution is 2.30. The van der Waals surface area contributed by atoms with Crippen LogP contribution in [0.5, 0.6) is 5.75 Å². The number of aromatic nitrogens is 1. The smallest absolute Gasteiger partial charge is 0.248 e. The highest BCUT2D eigenvalue weighted by molar-refractivity contribution is 5.94. The van der Waals surface area contributed by atoms with Crippen LogP contribution in [0.25, 0.3) is 10.9 Å². The summed E-state index contributed by atoms with van der Waals surface area (Å²) in [5.41, 5.74) is 8.10. The van der Waals surface area contributed by atoms with Crippen LogP contribution >= 0.6 is 0 Å². The molecule has 0 saturated heterocycles. The van der Waals surface area contributed by atoms with Gasteiger partial charge in [0.05, 0.1) is 18.3 Å². The Morgan fingerprint density at radius 2 is 2.17 bits per heavy atom. The summed E-state index contributed by atoms with van der Waals surface area (Å²) in [7, 11) is 1.57. The number of methoxy groups -OCH3 is 1. The van der Waals surface area contributed by atoms with Gasteiger partial charge in [-0.15, -0.1) is 0 Å². The maximum atomic E-state index is 11.7. The van der Waals surface area contributed by atoms with Gasteiger partial charge in [-0.1, -0.05) is 13.3 Å². The van der Waals surface area contributed by atoms with Crippen LogP contribution in [0.1, 0.15) is 25.3 Å². The third-order valence-electron chi connectivity index (χ3n) is 3.12. The molecule has 0 spiro atoms. The van der Waals surface area contributed by atoms with Crippen molar-refractivity contribution in [1.29, 1.82) is 0 Å². The summed E-state index contributed by atoms with van der Waals surface area (Å²) in [4.78, 5) is 14.5. The van der Waals surface area contributed by atoms with Crippen molar-refractivity contribution in [3.05, 3.63) is 34.1 Å². The van der Waals surface area contributed by atoms with Crippen molar-refractivity contribution < 1.29 is 4.74 Å². The van der Waals surface area contributed by atoms with Crippen LogP contribution < -0.4 is 16.0 Å². The Bertz CT molecular complexity index is 617. The molecule has 2 rings (SSSR count). The number of fused-ring (bicyclic) bond motifs is 1. The number of unbranched alkanes of at least 4 members (excludes halogenated alkanes) is 1. The first-order valence-corrected chi connectivity index (χ1v) is 6.15. The summed E-state index contributed by atoms with van der Waals surface area (Å²) in [6.45, 7) is 2.13. The average molecular weight is 246 g/mol. The molecule has 0 radical (unpaired) electrons. The van der Waals surface area contributed by atoms with Gasteiger partial charge >= 0.3 is 0 Å². The molecule has 1 aromatic heterocycles. The number of nitrogens with two attached hydrogens (primary N) is 1. The minimum atomic E-state index is -0.117. The number of nitrogens with one attached hydrogen (secondary N) is 1. The molecule has 4 heteroatoms. The van der Waals surface area contributed by atoms with Crippen LogP contribution in [0, 0.1) is 0 Å². The second kappa shape index (κ2) is 5.12. The molecule has 0 aliphatic carbocycles. The molecule has 96 valence electrons. The predicted molar refractivity (Wildman–Crippen MR) is 74.1 cm³/mol. The Hall–Kier alpha value is -1.97. The number of pyridine rings is 1. The third kappa shape index (κ3) is 2.18. The quantitative estimate of drug-likeness (QED) is 0.814. The van der Waals surface area contributed by atoms with Crippen LogP contribution in [0.3, 0.4) is 0 Å². The van der Waals surface area contributed by atoms with Gasteiger partial charge in [-0.2, -0.15) is 0 Å². The van der Waals surface area contributed by atoms with Gasteiger partial charge in [-0.3, -0.25) is 4.79 Å². The van der Waals surface area contributed by atoms with E-state index in [2.05, 4.69) is 11.9 Å². The van der Waals surface area contributed by atoms with Crippen LogP contribution in [-0.4, -0.2) is 12.1 Å². The van der Waals surface area contributed by atoms with Crippen LogP contribution in [0.15, 0.2) is 23.0 Å². The van der Waals surface area contributed by atoms with Gasteiger partial charge in [-0.05, 0) is 30.5 Å². The largest absolute Gasteiger partial charge is 0.495 e. The Labute approximate surface area is 106 Å². The number of hydrogen-bond acceptors (Lipinski definition) is 3. The number of anilines is 1. The molecule has 0 bridgehead atoms. The summed E-state index contributed by atoms with van der Waals surface area (Å²) in [5.74, 6) is 0.589. The molecule has 0 atom stereocenters. The molecule has 0 aliphatic heterocycles. The number of rotatable bonds is 4. The minimum Gasteiger partial charge on any atom is -0.495 e. The zero-order valence-electron chi connectivity index (χ0n) is 10.7. The average Bonchev–Trinajstić information content (AvgIpc) is 2.37. The maximum Gasteiger partial charge on any atom is 0.248 e. The molecular weight excluding hydrogens is 228 g/mol. The summed E-state index contributed by atoms with van der Waals surface area (Å²) in [6, 6.07) is 5.45. The van der Waals surface area contributed by atoms with E-state index in [4.69, 9.17) is 10.5 Å². The lowest BCUT2D eigenvalue weighted by Gasteiger charge is -2.10. The molecule has 0 unspecified atom stereocenters. The van der Waals surface area contributed by atoms with E-state index in [-0.39, 0.29) is 5.56 Å². The summed E-state index contributed by atoms with van der Waals surface area (Å²) >= 11 is 0. The van der Waals surface area contributed by atoms with E-state index in [1.165, 1.54) is 0 Å². The lowest BCUT2D eigenvalue weighted by Crippen LogP contribution is -2.08. The summed E-state index contributed by atoms with van der Waals surface area (Å²) in [6.07, 6.45) is 3.05. The van der Waals surface area contributed by atoms with Crippen LogP contribution in [-0.2, 0) is 6.42 Å². The number of ether oxygens (including phenoxy) is 1. The van der Waals surface area contributed by atoms with Crippen molar-refractivity contribution in [2.45, 2.75) is 26.2 Å². The predicted octanol–water partition coefficient (Wildman–Crippen LogP) is 2.46. The van der Waals surface area contributed by atoms with Crippen molar-refractivity contribution in [2.24, 2.45) is 0 Å². The second-order valence-electron chi connectivity index (χ2n) is 4.37. The molecule has 0 fully saturated rings. The first-order valence-electron chi connectivity index (χ1n) is 6.15. The van der Waals surface area contributed by atoms with Gasteiger partial charge in [-0.25, -0.2) is 0 Å². The molecule has 0 amide bonds. The number of nitrogen functional groups attached to an aromatic ring is 1. The minimum absolute atomic E-state index is 0.117. The van der Waals surface area contributed by atoms with E-state index in [0.29, 0.717) is 17.0 Å². The molecular formula is C14H18N2O2. The molecule has 1 aromatic carbocycles. The Morgan fingerprint density at radius 1 is 1.39 bits per heavy atom. The van der Waals surface area contributed by atoms with Crippen molar-refractivity contribution in [3.8, 4) is 5.75 Å². The Morgan fingerprint density at radius 3 is 2.83 bits per heavy atom. The number of aromatic amines is 1. The lowest BCUT2D eigenvalue weighted by molar-refractivity contribution is 0.417. The van der Waals surface area contributed by atoms with Gasteiger partial charge in [0, 0.05) is 11.5 Å².